The lowest BCUT2D eigenvalue weighted by Crippen LogP contribution is -2.23. The van der Waals surface area contributed by atoms with Crippen molar-refractivity contribution in [2.24, 2.45) is 0 Å². The van der Waals surface area contributed by atoms with Gasteiger partial charge in [-0.2, -0.15) is 0 Å². The fraction of sp³-hybridized carbons (Fsp3) is 0.0714. The predicted octanol–water partition coefficient (Wildman–Crippen LogP) is 2.28. The van der Waals surface area contributed by atoms with Gasteiger partial charge in [0.15, 0.2) is 0 Å². The zero-order valence-corrected chi connectivity index (χ0v) is 11.9. The van der Waals surface area contributed by atoms with E-state index in [1.165, 1.54) is 24.3 Å². The van der Waals surface area contributed by atoms with E-state index in [1.807, 2.05) is 0 Å². The fourth-order valence-corrected chi connectivity index (χ4v) is 2.71. The van der Waals surface area contributed by atoms with Gasteiger partial charge >= 0.3 is 0 Å². The van der Waals surface area contributed by atoms with Crippen LogP contribution in [0, 0.1) is 0 Å². The van der Waals surface area contributed by atoms with Crippen LogP contribution in [0.4, 0.5) is 0 Å². The Bertz CT molecular complexity index is 694. The van der Waals surface area contributed by atoms with Gasteiger partial charge in [-0.1, -0.05) is 35.9 Å². The van der Waals surface area contributed by atoms with E-state index in [4.69, 9.17) is 11.6 Å². The van der Waals surface area contributed by atoms with Crippen LogP contribution in [-0.4, -0.2) is 14.7 Å². The number of hydrogen-bond donors (Lipinski definition) is 1. The van der Waals surface area contributed by atoms with E-state index in [9.17, 15) is 13.2 Å². The Morgan fingerprint density at radius 2 is 1.60 bits per heavy atom. The summed E-state index contributed by atoms with van der Waals surface area (Å²) in [4.78, 5) is 10.6. The van der Waals surface area contributed by atoms with Crippen LogP contribution in [0.25, 0.3) is 0 Å². The lowest BCUT2D eigenvalue weighted by molar-refractivity contribution is 0.562. The summed E-state index contributed by atoms with van der Waals surface area (Å²) in [6, 6.07) is 12.4. The second-order valence-corrected chi connectivity index (χ2v) is 6.28. The molecule has 1 N–H and O–H groups in total. The van der Waals surface area contributed by atoms with Gasteiger partial charge in [-0.25, -0.2) is 13.1 Å². The van der Waals surface area contributed by atoms with Gasteiger partial charge in [-0.05, 0) is 29.8 Å². The molecule has 0 fully saturated rings. The molecule has 0 aliphatic heterocycles. The number of benzene rings is 2. The normalized spacial score (nSPS) is 11.2. The van der Waals surface area contributed by atoms with Crippen molar-refractivity contribution in [2.75, 3.05) is 0 Å². The van der Waals surface area contributed by atoms with Gasteiger partial charge in [0.05, 0.1) is 4.90 Å². The van der Waals surface area contributed by atoms with Gasteiger partial charge < -0.3 is 0 Å². The fourth-order valence-electron chi connectivity index (χ4n) is 1.57. The minimum absolute atomic E-state index is 0.143. The third-order valence-corrected chi connectivity index (χ3v) is 4.33. The monoisotopic (exact) mass is 308 g/mol. The zero-order valence-electron chi connectivity index (χ0n) is 10.3. The third kappa shape index (κ3) is 3.66. The maximum atomic E-state index is 12.0. The largest absolute Gasteiger partial charge is 0.285 e. The molecule has 0 bridgehead atoms. The van der Waals surface area contributed by atoms with Crippen molar-refractivity contribution in [2.45, 2.75) is 11.4 Å². The van der Waals surface area contributed by atoms with Crippen LogP contribution >= 0.6 is 11.6 Å². The van der Waals surface area contributed by atoms with Gasteiger partial charge in [0.25, 0.3) is 0 Å². The van der Waals surface area contributed by atoms with Crippen molar-refractivity contribution < 1.29 is 13.2 Å². The molecular weight excluding hydrogens is 298 g/mol. The van der Waals surface area contributed by atoms with Crippen molar-refractivity contribution in [1.29, 1.82) is 0 Å². The molecule has 2 aromatic rings. The summed E-state index contributed by atoms with van der Waals surface area (Å²) < 4.78 is 26.5. The molecule has 0 unspecified atom stereocenters. The van der Waals surface area contributed by atoms with Crippen LogP contribution in [0.3, 0.4) is 0 Å². The molecule has 20 heavy (non-hydrogen) atoms. The van der Waals surface area contributed by atoms with Crippen molar-refractivity contribution >= 4 is 27.9 Å². The van der Waals surface area contributed by atoms with E-state index in [-0.39, 0.29) is 11.4 Å². The van der Waals surface area contributed by atoms with Crippen molar-refractivity contribution in [3.05, 3.63) is 64.7 Å². The highest BCUT2D eigenvalue weighted by Gasteiger charge is 2.13. The van der Waals surface area contributed by atoms with Gasteiger partial charge in [0, 0.05) is 17.1 Å². The van der Waals surface area contributed by atoms with Crippen LogP contribution in [0.2, 0.25) is 5.02 Å². The average Bonchev–Trinajstić information content (AvgIpc) is 2.46. The number of halogens is 1. The zero-order chi connectivity index (χ0) is 14.6. The Hall–Kier alpha value is -1.69. The molecule has 0 saturated carbocycles. The van der Waals surface area contributed by atoms with Gasteiger partial charge in [0.1, 0.15) is 0 Å². The molecule has 6 heteroatoms. The molecule has 0 aliphatic carbocycles. The van der Waals surface area contributed by atoms with Crippen molar-refractivity contribution in [3.63, 3.8) is 0 Å². The molecule has 2 rings (SSSR count). The van der Waals surface area contributed by atoms with Crippen LogP contribution in [-0.2, 0) is 21.4 Å². The maximum Gasteiger partial charge on any atom is 0.240 e. The second-order valence-electron chi connectivity index (χ2n) is 4.08. The minimum Gasteiger partial charge on any atom is -0.285 e. The molecule has 1 radical (unpaired) electrons. The summed E-state index contributed by atoms with van der Waals surface area (Å²) in [6.45, 7) is 0.143. The molecule has 0 aromatic heterocycles. The van der Waals surface area contributed by atoms with Crippen LogP contribution in [0.15, 0.2) is 53.4 Å². The van der Waals surface area contributed by atoms with E-state index >= 15 is 0 Å². The summed E-state index contributed by atoms with van der Waals surface area (Å²) in [6.07, 6.45) is 1.76. The van der Waals surface area contributed by atoms with Crippen LogP contribution in [0.5, 0.6) is 0 Å². The molecule has 0 amide bonds. The Kier molecular flexibility index (Phi) is 4.54. The summed E-state index contributed by atoms with van der Waals surface area (Å²) in [7, 11) is -3.58. The molecule has 0 atom stereocenters. The SMILES string of the molecule is O=[C]c1ccc(CNS(=O)(=O)c2ccc(Cl)cc2)cc1. The topological polar surface area (TPSA) is 63.2 Å². The van der Waals surface area contributed by atoms with Crippen molar-refractivity contribution in [3.8, 4) is 0 Å². The molecule has 0 saturated heterocycles. The van der Waals surface area contributed by atoms with Crippen LogP contribution in [0.1, 0.15) is 11.1 Å². The molecule has 2 aromatic carbocycles. The van der Waals surface area contributed by atoms with Crippen molar-refractivity contribution in [1.82, 2.24) is 4.72 Å². The van der Waals surface area contributed by atoms with Gasteiger partial charge in [0.2, 0.25) is 16.3 Å². The standard InChI is InChI=1S/C14H11ClNO3S/c15-13-5-7-14(8-6-13)20(18,19)16-9-11-1-3-12(10-17)4-2-11/h1-8,16H,9H2. The first-order chi connectivity index (χ1) is 9.51. The third-order valence-electron chi connectivity index (χ3n) is 2.66. The number of sulfonamides is 1. The lowest BCUT2D eigenvalue weighted by atomic mass is 10.1. The average molecular weight is 309 g/mol. The quantitative estimate of drug-likeness (QED) is 0.921. The molecule has 0 aliphatic rings. The summed E-state index contributed by atoms with van der Waals surface area (Å²) in [5.74, 6) is 0. The van der Waals surface area contributed by atoms with E-state index in [0.29, 0.717) is 10.6 Å². The number of hydrogen-bond acceptors (Lipinski definition) is 3. The highest BCUT2D eigenvalue weighted by atomic mass is 35.5. The predicted molar refractivity (Wildman–Crippen MR) is 76.7 cm³/mol. The first-order valence-electron chi connectivity index (χ1n) is 5.73. The smallest absolute Gasteiger partial charge is 0.240 e. The molecule has 0 heterocycles. The minimum atomic E-state index is -3.58. The molecule has 0 spiro atoms. The van der Waals surface area contributed by atoms with E-state index in [2.05, 4.69) is 4.72 Å². The van der Waals surface area contributed by atoms with E-state index < -0.39 is 10.0 Å². The maximum absolute atomic E-state index is 12.0. The van der Waals surface area contributed by atoms with E-state index in [0.717, 1.165) is 5.56 Å². The number of carbonyl (C=O) groups excluding carboxylic acids is 1. The Morgan fingerprint density at radius 1 is 1.00 bits per heavy atom. The first-order valence-corrected chi connectivity index (χ1v) is 7.60. The summed E-state index contributed by atoms with van der Waals surface area (Å²) in [5, 5.41) is 0.477. The molecular formula is C14H11ClNO3S. The Labute approximate surface area is 122 Å². The van der Waals surface area contributed by atoms with E-state index in [1.54, 1.807) is 30.6 Å². The molecule has 4 nitrogen and oxygen atoms in total. The molecule has 103 valence electrons. The number of nitrogens with one attached hydrogen (secondary N) is 1. The van der Waals surface area contributed by atoms with Crippen LogP contribution < -0.4 is 4.72 Å². The number of rotatable bonds is 5. The van der Waals surface area contributed by atoms with Gasteiger partial charge in [-0.15, -0.1) is 0 Å². The van der Waals surface area contributed by atoms with Gasteiger partial charge in [-0.3, -0.25) is 4.79 Å². The lowest BCUT2D eigenvalue weighted by Gasteiger charge is -2.07. The highest BCUT2D eigenvalue weighted by molar-refractivity contribution is 7.89. The Morgan fingerprint density at radius 3 is 2.15 bits per heavy atom. The Balaban J connectivity index is 2.08. The highest BCUT2D eigenvalue weighted by Crippen LogP contribution is 2.14. The first kappa shape index (κ1) is 14.7. The summed E-state index contributed by atoms with van der Waals surface area (Å²) in [5.41, 5.74) is 1.18. The summed E-state index contributed by atoms with van der Waals surface area (Å²) >= 11 is 5.72. The second kappa shape index (κ2) is 6.17.